The van der Waals surface area contributed by atoms with Crippen molar-refractivity contribution in [2.45, 2.75) is 44.6 Å². The van der Waals surface area contributed by atoms with Crippen molar-refractivity contribution in [3.8, 4) is 22.6 Å². The van der Waals surface area contributed by atoms with E-state index in [0.29, 0.717) is 6.04 Å². The summed E-state index contributed by atoms with van der Waals surface area (Å²) in [6, 6.07) is 37.6. The third-order valence-electron chi connectivity index (χ3n) is 8.83. The first-order valence-corrected chi connectivity index (χ1v) is 15.2. The zero-order valence-corrected chi connectivity index (χ0v) is 26.9. The summed E-state index contributed by atoms with van der Waals surface area (Å²) in [4.78, 5) is 9.41. The van der Waals surface area contributed by atoms with Gasteiger partial charge in [0.25, 0.3) is 0 Å². The van der Waals surface area contributed by atoms with Gasteiger partial charge in [0.1, 0.15) is 5.58 Å². The van der Waals surface area contributed by atoms with Crippen molar-refractivity contribution in [1.29, 1.82) is 0 Å². The summed E-state index contributed by atoms with van der Waals surface area (Å²) in [5.41, 5.74) is 9.82. The first kappa shape index (κ1) is 28.5. The van der Waals surface area contributed by atoms with E-state index in [1.807, 2.05) is 60.7 Å². The van der Waals surface area contributed by atoms with E-state index in [4.69, 9.17) is 9.40 Å². The van der Waals surface area contributed by atoms with Crippen LogP contribution in [-0.2, 0) is 20.1 Å². The second-order valence-corrected chi connectivity index (χ2v) is 11.5. The van der Waals surface area contributed by atoms with Gasteiger partial charge in [0.2, 0.25) is 0 Å². The molecule has 1 saturated carbocycles. The maximum Gasteiger partial charge on any atom is 0.120 e. The van der Waals surface area contributed by atoms with Crippen LogP contribution in [0.5, 0.6) is 0 Å². The monoisotopic (exact) mass is 750 g/mol. The van der Waals surface area contributed by atoms with Crippen LogP contribution in [0.15, 0.2) is 108 Å². The van der Waals surface area contributed by atoms with Crippen LogP contribution in [0.2, 0.25) is 0 Å². The Morgan fingerprint density at radius 2 is 1.70 bits per heavy atom. The normalized spacial score (nSPS) is 15.8. The first-order chi connectivity index (χ1) is 21.2. The Balaban J connectivity index is 0.000000142. The Kier molecular flexibility index (Phi) is 7.76. The molecule has 0 amide bonds. The quantitative estimate of drug-likeness (QED) is 0.169. The Labute approximate surface area is 270 Å². The van der Waals surface area contributed by atoms with Gasteiger partial charge >= 0.3 is 0 Å². The first-order valence-electron chi connectivity index (χ1n) is 15.2. The van der Waals surface area contributed by atoms with Crippen LogP contribution in [0.25, 0.3) is 61.7 Å². The number of para-hydroxylation sites is 1. The Morgan fingerprint density at radius 1 is 0.864 bits per heavy atom. The summed E-state index contributed by atoms with van der Waals surface area (Å²) in [5, 5.41) is 2.23. The van der Waals surface area contributed by atoms with E-state index in [-0.39, 0.29) is 20.1 Å². The number of fused-ring (bicyclic) bond motifs is 3. The van der Waals surface area contributed by atoms with E-state index in [2.05, 4.69) is 71.1 Å². The summed E-state index contributed by atoms with van der Waals surface area (Å²) in [5.74, 6) is 1.75. The maximum atomic E-state index is 5.97. The molecule has 1 fully saturated rings. The summed E-state index contributed by atoms with van der Waals surface area (Å²) in [7, 11) is 0. The molecule has 0 saturated heterocycles. The molecule has 219 valence electrons. The van der Waals surface area contributed by atoms with Crippen molar-refractivity contribution in [2.24, 2.45) is 0 Å². The SMILES string of the molecule is CC1C=Cc2cc(C3CCCC3)cc3nc(-c4[c-]cccc4)n1c23.[Ir].[c-]1ccc2c(oc3ccccc32)c1-c1ccccn1. The fourth-order valence-corrected chi connectivity index (χ4v) is 6.75. The molecule has 1 unspecified atom stereocenters. The predicted molar refractivity (Wildman–Crippen MR) is 175 cm³/mol. The van der Waals surface area contributed by atoms with Crippen LogP contribution in [0, 0.1) is 12.1 Å². The molecule has 3 aromatic heterocycles. The minimum atomic E-state index is 0. The van der Waals surface area contributed by atoms with Crippen molar-refractivity contribution in [3.63, 3.8) is 0 Å². The summed E-state index contributed by atoms with van der Waals surface area (Å²) < 4.78 is 8.34. The van der Waals surface area contributed by atoms with Crippen LogP contribution < -0.4 is 0 Å². The van der Waals surface area contributed by atoms with Crippen molar-refractivity contribution < 1.29 is 24.5 Å². The summed E-state index contributed by atoms with van der Waals surface area (Å²) in [6.45, 7) is 2.23. The van der Waals surface area contributed by atoms with Gasteiger partial charge in [0.05, 0.1) is 22.4 Å². The van der Waals surface area contributed by atoms with E-state index < -0.39 is 0 Å². The molecule has 1 radical (unpaired) electrons. The molecule has 4 heterocycles. The van der Waals surface area contributed by atoms with Gasteiger partial charge in [-0.1, -0.05) is 66.3 Å². The number of rotatable bonds is 3. The molecule has 0 N–H and O–H groups in total. The molecular weight excluding hydrogens is 719 g/mol. The van der Waals surface area contributed by atoms with E-state index in [0.717, 1.165) is 56.0 Å². The molecule has 7 aromatic rings. The smallest absolute Gasteiger partial charge is 0.120 e. The van der Waals surface area contributed by atoms with Crippen molar-refractivity contribution in [1.82, 2.24) is 14.5 Å². The Hall–Kier alpha value is -4.31. The van der Waals surface area contributed by atoms with Crippen LogP contribution in [0.4, 0.5) is 0 Å². The fourth-order valence-electron chi connectivity index (χ4n) is 6.75. The topological polar surface area (TPSA) is 43.9 Å². The molecule has 4 nitrogen and oxygen atoms in total. The molecular formula is C39H31IrN3O-2. The number of nitrogens with zero attached hydrogens (tertiary/aromatic N) is 3. The van der Waals surface area contributed by atoms with Crippen molar-refractivity contribution in [2.75, 3.05) is 0 Å². The molecule has 0 bridgehead atoms. The van der Waals surface area contributed by atoms with Crippen molar-refractivity contribution >= 4 is 39.0 Å². The number of allylic oxidation sites excluding steroid dienone is 1. The molecule has 9 rings (SSSR count). The molecule has 4 aromatic carbocycles. The second-order valence-electron chi connectivity index (χ2n) is 11.5. The van der Waals surface area contributed by atoms with Crippen LogP contribution in [-0.4, -0.2) is 14.5 Å². The average molecular weight is 750 g/mol. The van der Waals surface area contributed by atoms with Gasteiger partial charge in [-0.3, -0.25) is 4.98 Å². The van der Waals surface area contributed by atoms with Gasteiger partial charge in [-0.2, -0.15) is 0 Å². The zero-order chi connectivity index (χ0) is 28.8. The van der Waals surface area contributed by atoms with Gasteiger partial charge in [-0.05, 0) is 66.8 Å². The number of aromatic nitrogens is 3. The molecule has 0 spiro atoms. The third-order valence-corrected chi connectivity index (χ3v) is 8.83. The van der Waals surface area contributed by atoms with Gasteiger partial charge in [0.15, 0.2) is 0 Å². The standard InChI is InChI=1S/C22H21N2.C17H10NO.Ir/c1-15-11-12-18-13-19(16-7-5-6-8-16)14-20-21(18)24(15)22(23-20)17-9-3-2-4-10-17;1-2-10-16-12(6-1)13-7-5-8-14(17(13)19-16)15-9-3-4-11-18-15;/h2-4,9,11-16H,5-8H2,1H3;1-7,9-11H;/q2*-1;. The number of hydrogen-bond acceptors (Lipinski definition) is 3. The average Bonchev–Trinajstić information content (AvgIpc) is 3.82. The van der Waals surface area contributed by atoms with E-state index in [1.165, 1.54) is 42.3 Å². The minimum absolute atomic E-state index is 0. The summed E-state index contributed by atoms with van der Waals surface area (Å²) in [6.07, 6.45) is 11.7. The van der Waals surface area contributed by atoms with Crippen molar-refractivity contribution in [3.05, 3.63) is 127 Å². The molecule has 5 heteroatoms. The van der Waals surface area contributed by atoms with E-state index in [1.54, 1.807) is 6.20 Å². The number of benzene rings is 4. The fraction of sp³-hybridized carbons (Fsp3) is 0.179. The van der Waals surface area contributed by atoms with Crippen LogP contribution in [0.3, 0.4) is 0 Å². The number of imidazole rings is 1. The van der Waals surface area contributed by atoms with E-state index in [9.17, 15) is 0 Å². The molecule has 1 atom stereocenters. The van der Waals surface area contributed by atoms with Gasteiger partial charge < -0.3 is 14.0 Å². The predicted octanol–water partition coefficient (Wildman–Crippen LogP) is 10.2. The Morgan fingerprint density at radius 3 is 2.52 bits per heavy atom. The second kappa shape index (κ2) is 12.0. The number of pyridine rings is 1. The maximum absolute atomic E-state index is 5.97. The summed E-state index contributed by atoms with van der Waals surface area (Å²) >= 11 is 0. The van der Waals surface area contributed by atoms with Gasteiger partial charge in [0, 0.05) is 37.7 Å². The van der Waals surface area contributed by atoms with Gasteiger partial charge in [-0.15, -0.1) is 54.1 Å². The Bertz CT molecular complexity index is 2100. The molecule has 44 heavy (non-hydrogen) atoms. The van der Waals surface area contributed by atoms with E-state index >= 15 is 0 Å². The van der Waals surface area contributed by atoms with Gasteiger partial charge in [-0.25, -0.2) is 0 Å². The zero-order valence-electron chi connectivity index (χ0n) is 24.5. The number of hydrogen-bond donors (Lipinski definition) is 0. The number of furan rings is 1. The third kappa shape index (κ3) is 5.00. The van der Waals surface area contributed by atoms with Crippen LogP contribution >= 0.6 is 0 Å². The largest absolute Gasteiger partial charge is 0.501 e. The van der Waals surface area contributed by atoms with Crippen LogP contribution in [0.1, 0.15) is 55.7 Å². The minimum Gasteiger partial charge on any atom is -0.501 e. The molecule has 2 aliphatic rings. The molecule has 1 aliphatic carbocycles. The molecule has 1 aliphatic heterocycles.